The van der Waals surface area contributed by atoms with Gasteiger partial charge in [-0.25, -0.2) is 4.98 Å². The quantitative estimate of drug-likeness (QED) is 0.163. The Morgan fingerprint density at radius 3 is 2.56 bits per heavy atom. The molecule has 0 spiro atoms. The fraction of sp³-hybridized carbons (Fsp3) is 0.378. The third-order valence-corrected chi connectivity index (χ3v) is 8.39. The summed E-state index contributed by atoms with van der Waals surface area (Å²) in [4.78, 5) is 32.7. The molecule has 2 amide bonds. The Balaban J connectivity index is 1.13. The van der Waals surface area contributed by atoms with Crippen LogP contribution in [0.15, 0.2) is 77.4 Å². The second kappa shape index (κ2) is 13.6. The zero-order valence-corrected chi connectivity index (χ0v) is 26.9. The van der Waals surface area contributed by atoms with Gasteiger partial charge in [-0.2, -0.15) is 0 Å². The molecule has 236 valence electrons. The summed E-state index contributed by atoms with van der Waals surface area (Å²) >= 11 is 0. The van der Waals surface area contributed by atoms with Gasteiger partial charge in [0.05, 0.1) is 11.4 Å². The summed E-state index contributed by atoms with van der Waals surface area (Å²) in [5, 5.41) is 17.1. The van der Waals surface area contributed by atoms with E-state index in [4.69, 9.17) is 4.42 Å². The van der Waals surface area contributed by atoms with Crippen molar-refractivity contribution in [1.29, 1.82) is 0 Å². The third-order valence-electron chi connectivity index (χ3n) is 8.39. The van der Waals surface area contributed by atoms with E-state index >= 15 is 0 Å². The standard InChI is InChI=1S/C37H44N4O4/c1-24(14-15-26-16-17-31(33(42)20-26)38-22-27-9-6-12-30(19-27)37(3,4)5)39-34(43)28-10-7-11-29(21-28)36(44)41-18-8-13-32(41)35-40-25(2)23-45-35/h6-7,9-12,16-17,19-21,23-24,32,38,42H,8,13-15,18,22H2,1-5H3,(H,39,43)/t24-,32+/m0/s1. The Labute approximate surface area is 265 Å². The smallest absolute Gasteiger partial charge is 0.254 e. The van der Waals surface area contributed by atoms with Gasteiger partial charge in [0.15, 0.2) is 0 Å². The Hall–Kier alpha value is -4.59. The van der Waals surface area contributed by atoms with Crippen LogP contribution in [0.25, 0.3) is 0 Å². The molecule has 5 rings (SSSR count). The van der Waals surface area contributed by atoms with Gasteiger partial charge >= 0.3 is 0 Å². The maximum Gasteiger partial charge on any atom is 0.254 e. The van der Waals surface area contributed by atoms with Crippen LogP contribution in [-0.2, 0) is 18.4 Å². The van der Waals surface area contributed by atoms with Gasteiger partial charge in [-0.05, 0) is 92.0 Å². The highest BCUT2D eigenvalue weighted by Gasteiger charge is 2.34. The van der Waals surface area contributed by atoms with Crippen molar-refractivity contribution in [2.24, 2.45) is 0 Å². The summed E-state index contributed by atoms with van der Waals surface area (Å²) in [7, 11) is 0. The number of rotatable bonds is 10. The average molecular weight is 609 g/mol. The molecule has 0 radical (unpaired) electrons. The Morgan fingerprint density at radius 2 is 1.82 bits per heavy atom. The number of aromatic hydroxyl groups is 1. The monoisotopic (exact) mass is 608 g/mol. The van der Waals surface area contributed by atoms with Gasteiger partial charge in [0, 0.05) is 30.3 Å². The fourth-order valence-corrected chi connectivity index (χ4v) is 5.74. The summed E-state index contributed by atoms with van der Waals surface area (Å²) in [6.07, 6.45) is 4.66. The van der Waals surface area contributed by atoms with Crippen LogP contribution in [0.5, 0.6) is 5.75 Å². The van der Waals surface area contributed by atoms with Crippen LogP contribution in [0, 0.1) is 6.92 Å². The molecule has 0 saturated carbocycles. The zero-order chi connectivity index (χ0) is 32.1. The maximum atomic E-state index is 13.4. The number of phenolic OH excluding ortho intramolecular Hbond substituents is 1. The first kappa shape index (κ1) is 31.8. The maximum absolute atomic E-state index is 13.4. The minimum atomic E-state index is -0.226. The van der Waals surface area contributed by atoms with Gasteiger partial charge in [0.1, 0.15) is 18.1 Å². The van der Waals surface area contributed by atoms with Gasteiger partial charge in [0.2, 0.25) is 5.89 Å². The lowest BCUT2D eigenvalue weighted by molar-refractivity contribution is 0.0715. The number of nitrogens with zero attached hydrogens (tertiary/aromatic N) is 2. The number of benzene rings is 3. The van der Waals surface area contributed by atoms with E-state index in [1.807, 2.05) is 26.0 Å². The van der Waals surface area contributed by atoms with Gasteiger partial charge in [-0.1, -0.05) is 57.2 Å². The Morgan fingerprint density at radius 1 is 1.04 bits per heavy atom. The van der Waals surface area contributed by atoms with E-state index < -0.39 is 0 Å². The summed E-state index contributed by atoms with van der Waals surface area (Å²) in [5.74, 6) is 0.404. The molecule has 1 aliphatic rings. The van der Waals surface area contributed by atoms with E-state index in [-0.39, 0.29) is 35.1 Å². The van der Waals surface area contributed by atoms with E-state index in [9.17, 15) is 14.7 Å². The van der Waals surface area contributed by atoms with Crippen LogP contribution in [0.4, 0.5) is 5.69 Å². The molecule has 2 atom stereocenters. The Kier molecular flexibility index (Phi) is 9.61. The van der Waals surface area contributed by atoms with Crippen LogP contribution in [0.1, 0.15) is 102 Å². The van der Waals surface area contributed by atoms with E-state index in [2.05, 4.69) is 60.7 Å². The fourth-order valence-electron chi connectivity index (χ4n) is 5.74. The van der Waals surface area contributed by atoms with Crippen LogP contribution in [-0.4, -0.2) is 39.4 Å². The second-order valence-corrected chi connectivity index (χ2v) is 13.1. The lowest BCUT2D eigenvalue weighted by atomic mass is 9.86. The van der Waals surface area contributed by atoms with Crippen molar-refractivity contribution in [3.63, 3.8) is 0 Å². The SMILES string of the molecule is Cc1coc([C@H]2CCCN2C(=O)c2cccc(C(=O)N[C@@H](C)CCc3ccc(NCc4cccc(C(C)(C)C)c4)c(O)c3)c2)n1. The molecule has 1 aliphatic heterocycles. The Bertz CT molecular complexity index is 1650. The van der Waals surface area contributed by atoms with Crippen LogP contribution < -0.4 is 10.6 Å². The summed E-state index contributed by atoms with van der Waals surface area (Å²) in [5.41, 5.74) is 5.89. The highest BCUT2D eigenvalue weighted by atomic mass is 16.3. The van der Waals surface area contributed by atoms with Crippen LogP contribution in [0.2, 0.25) is 0 Å². The first-order chi connectivity index (χ1) is 21.5. The number of anilines is 1. The first-order valence-corrected chi connectivity index (χ1v) is 15.8. The highest BCUT2D eigenvalue weighted by molar-refractivity contribution is 6.00. The molecule has 8 heteroatoms. The lowest BCUT2D eigenvalue weighted by Gasteiger charge is -2.22. The average Bonchev–Trinajstić information content (AvgIpc) is 3.68. The minimum Gasteiger partial charge on any atom is -0.506 e. The highest BCUT2D eigenvalue weighted by Crippen LogP contribution is 2.33. The van der Waals surface area contributed by atoms with Crippen molar-refractivity contribution < 1.29 is 19.1 Å². The van der Waals surface area contributed by atoms with Crippen molar-refractivity contribution in [3.05, 3.63) is 112 Å². The van der Waals surface area contributed by atoms with E-state index in [0.29, 0.717) is 48.6 Å². The summed E-state index contributed by atoms with van der Waals surface area (Å²) in [6.45, 7) is 11.7. The molecule has 3 aromatic carbocycles. The largest absolute Gasteiger partial charge is 0.506 e. The molecule has 0 aliphatic carbocycles. The molecule has 8 nitrogen and oxygen atoms in total. The molecule has 1 saturated heterocycles. The van der Waals surface area contributed by atoms with Crippen LogP contribution in [0.3, 0.4) is 0 Å². The molecular formula is C37H44N4O4. The molecule has 4 aromatic rings. The molecule has 2 heterocycles. The van der Waals surface area contributed by atoms with Gasteiger partial charge in [0.25, 0.3) is 11.8 Å². The van der Waals surface area contributed by atoms with Crippen molar-refractivity contribution >= 4 is 17.5 Å². The number of oxazole rings is 1. The molecule has 1 fully saturated rings. The van der Waals surface area contributed by atoms with Gasteiger partial charge in [-0.3, -0.25) is 9.59 Å². The van der Waals surface area contributed by atoms with E-state index in [1.54, 1.807) is 41.5 Å². The number of hydrogen-bond acceptors (Lipinski definition) is 6. The first-order valence-electron chi connectivity index (χ1n) is 15.8. The molecule has 1 aromatic heterocycles. The molecular weight excluding hydrogens is 564 g/mol. The number of carbonyl (C=O) groups is 2. The molecule has 0 unspecified atom stereocenters. The number of aryl methyl sites for hydroxylation is 2. The molecule has 0 bridgehead atoms. The molecule has 45 heavy (non-hydrogen) atoms. The van der Waals surface area contributed by atoms with Crippen molar-refractivity contribution in [3.8, 4) is 5.75 Å². The minimum absolute atomic E-state index is 0.0788. The predicted molar refractivity (Wildman–Crippen MR) is 177 cm³/mol. The van der Waals surface area contributed by atoms with E-state index in [0.717, 1.165) is 29.7 Å². The third kappa shape index (κ3) is 7.93. The van der Waals surface area contributed by atoms with Gasteiger partial charge < -0.3 is 25.1 Å². The number of hydrogen-bond donors (Lipinski definition) is 3. The summed E-state index contributed by atoms with van der Waals surface area (Å²) in [6, 6.07) is 20.7. The van der Waals surface area contributed by atoms with Crippen molar-refractivity contribution in [1.82, 2.24) is 15.2 Å². The number of likely N-dealkylation sites (tertiary alicyclic amines) is 1. The number of nitrogens with one attached hydrogen (secondary N) is 2. The topological polar surface area (TPSA) is 108 Å². The number of phenols is 1. The van der Waals surface area contributed by atoms with E-state index in [1.165, 1.54) is 5.56 Å². The van der Waals surface area contributed by atoms with Gasteiger partial charge in [-0.15, -0.1) is 0 Å². The molecule has 3 N–H and O–H groups in total. The predicted octanol–water partition coefficient (Wildman–Crippen LogP) is 7.33. The zero-order valence-electron chi connectivity index (χ0n) is 26.9. The van der Waals surface area contributed by atoms with Crippen molar-refractivity contribution in [2.75, 3.05) is 11.9 Å². The van der Waals surface area contributed by atoms with Crippen LogP contribution >= 0.6 is 0 Å². The second-order valence-electron chi connectivity index (χ2n) is 13.1. The normalized spacial score (nSPS) is 15.6. The number of amides is 2. The van der Waals surface area contributed by atoms with Crippen molar-refractivity contribution in [2.45, 2.75) is 84.3 Å². The number of carbonyl (C=O) groups excluding carboxylic acids is 2. The number of aromatic nitrogens is 1. The summed E-state index contributed by atoms with van der Waals surface area (Å²) < 4.78 is 5.59. The lowest BCUT2D eigenvalue weighted by Crippen LogP contribution is -2.33.